The van der Waals surface area contributed by atoms with Crippen molar-refractivity contribution in [3.05, 3.63) is 40.7 Å². The summed E-state index contributed by atoms with van der Waals surface area (Å²) in [5, 5.41) is 3.69. The lowest BCUT2D eigenvalue weighted by molar-refractivity contribution is 0.501. The van der Waals surface area contributed by atoms with Crippen LogP contribution < -0.4 is 5.32 Å². The van der Waals surface area contributed by atoms with E-state index in [0.717, 1.165) is 17.0 Å². The van der Waals surface area contributed by atoms with Gasteiger partial charge < -0.3 is 9.73 Å². The lowest BCUT2D eigenvalue weighted by Gasteiger charge is -1.98. The summed E-state index contributed by atoms with van der Waals surface area (Å²) in [5.74, 6) is 1.42. The average molecular weight is 237 g/mol. The van der Waals surface area contributed by atoms with Crippen LogP contribution in [0.1, 0.15) is 11.5 Å². The Kier molecular flexibility index (Phi) is 3.27. The Morgan fingerprint density at radius 2 is 2.12 bits per heavy atom. The lowest BCUT2D eigenvalue weighted by Crippen LogP contribution is -2.04. The third kappa shape index (κ3) is 2.10. The number of benzene rings is 1. The van der Waals surface area contributed by atoms with Crippen LogP contribution in [0.5, 0.6) is 0 Å². The highest BCUT2D eigenvalue weighted by Crippen LogP contribution is 2.28. The molecule has 2 rings (SSSR count). The Bertz CT molecular complexity index is 494. The van der Waals surface area contributed by atoms with Crippen LogP contribution in [0.25, 0.3) is 11.5 Å². The molecule has 0 unspecified atom stereocenters. The maximum Gasteiger partial charge on any atom is 0.228 e. The number of halogens is 1. The molecule has 0 amide bonds. The zero-order valence-corrected chi connectivity index (χ0v) is 10.0. The number of aryl methyl sites for hydroxylation is 1. The van der Waals surface area contributed by atoms with Crippen molar-refractivity contribution in [1.82, 2.24) is 10.3 Å². The van der Waals surface area contributed by atoms with Crippen LogP contribution in [-0.4, -0.2) is 12.0 Å². The van der Waals surface area contributed by atoms with Gasteiger partial charge in [0, 0.05) is 0 Å². The molecule has 0 aliphatic carbocycles. The van der Waals surface area contributed by atoms with E-state index >= 15 is 0 Å². The molecule has 16 heavy (non-hydrogen) atoms. The average Bonchev–Trinajstić information content (AvgIpc) is 2.61. The molecule has 4 heteroatoms. The smallest absolute Gasteiger partial charge is 0.228 e. The molecule has 0 radical (unpaired) electrons. The second kappa shape index (κ2) is 4.68. The molecule has 2 aromatic rings. The van der Waals surface area contributed by atoms with Crippen molar-refractivity contribution in [3.63, 3.8) is 0 Å². The first-order valence-corrected chi connectivity index (χ1v) is 5.46. The van der Waals surface area contributed by atoms with Crippen LogP contribution in [0, 0.1) is 6.92 Å². The molecule has 1 N–H and O–H groups in total. The van der Waals surface area contributed by atoms with Crippen LogP contribution in [0.2, 0.25) is 5.02 Å². The molecule has 1 aromatic heterocycles. The van der Waals surface area contributed by atoms with Gasteiger partial charge in [0.15, 0.2) is 0 Å². The van der Waals surface area contributed by atoms with Crippen LogP contribution in [-0.2, 0) is 6.54 Å². The van der Waals surface area contributed by atoms with Crippen molar-refractivity contribution < 1.29 is 4.42 Å². The summed E-state index contributed by atoms with van der Waals surface area (Å²) in [4.78, 5) is 4.37. The number of hydrogen-bond donors (Lipinski definition) is 1. The fourth-order valence-electron chi connectivity index (χ4n) is 1.50. The molecule has 1 heterocycles. The fourth-order valence-corrected chi connectivity index (χ4v) is 1.72. The predicted octanol–water partition coefficient (Wildman–Crippen LogP) is 3.02. The molecular weight excluding hydrogens is 224 g/mol. The summed E-state index contributed by atoms with van der Waals surface area (Å²) in [6.07, 6.45) is 0. The largest absolute Gasteiger partial charge is 0.439 e. The van der Waals surface area contributed by atoms with Gasteiger partial charge in [-0.2, -0.15) is 0 Å². The summed E-state index contributed by atoms with van der Waals surface area (Å²) in [6, 6.07) is 7.53. The Labute approximate surface area is 99.5 Å². The molecule has 0 aliphatic rings. The van der Waals surface area contributed by atoms with Gasteiger partial charge in [-0.3, -0.25) is 0 Å². The van der Waals surface area contributed by atoms with Gasteiger partial charge in [0.1, 0.15) is 5.76 Å². The Hall–Kier alpha value is -1.32. The van der Waals surface area contributed by atoms with E-state index in [1.165, 1.54) is 0 Å². The molecule has 0 saturated carbocycles. The van der Waals surface area contributed by atoms with Gasteiger partial charge in [0.25, 0.3) is 0 Å². The van der Waals surface area contributed by atoms with Gasteiger partial charge >= 0.3 is 0 Å². The van der Waals surface area contributed by atoms with Crippen LogP contribution in [0.15, 0.2) is 28.7 Å². The Morgan fingerprint density at radius 1 is 1.38 bits per heavy atom. The third-order valence-corrected chi connectivity index (χ3v) is 2.66. The first kappa shape index (κ1) is 11.2. The summed E-state index contributed by atoms with van der Waals surface area (Å²) in [5.41, 5.74) is 1.72. The zero-order chi connectivity index (χ0) is 11.5. The Balaban J connectivity index is 2.42. The van der Waals surface area contributed by atoms with Crippen LogP contribution in [0.3, 0.4) is 0 Å². The highest BCUT2D eigenvalue weighted by atomic mass is 35.5. The van der Waals surface area contributed by atoms with Gasteiger partial charge in [0.05, 0.1) is 22.8 Å². The normalized spacial score (nSPS) is 10.7. The molecule has 0 saturated heterocycles. The molecule has 0 atom stereocenters. The van der Waals surface area contributed by atoms with Crippen molar-refractivity contribution in [3.8, 4) is 11.5 Å². The number of nitrogens with one attached hydrogen (secondary N) is 1. The number of rotatable bonds is 3. The molecule has 0 fully saturated rings. The number of hydrogen-bond acceptors (Lipinski definition) is 3. The highest BCUT2D eigenvalue weighted by Gasteiger charge is 2.12. The van der Waals surface area contributed by atoms with E-state index in [9.17, 15) is 0 Å². The van der Waals surface area contributed by atoms with Crippen molar-refractivity contribution in [2.45, 2.75) is 13.5 Å². The van der Waals surface area contributed by atoms with E-state index in [4.69, 9.17) is 16.0 Å². The zero-order valence-electron chi connectivity index (χ0n) is 9.25. The third-order valence-electron chi connectivity index (χ3n) is 2.33. The first-order valence-electron chi connectivity index (χ1n) is 5.08. The van der Waals surface area contributed by atoms with E-state index in [1.807, 2.05) is 38.2 Å². The molecule has 0 aliphatic heterocycles. The molecule has 84 valence electrons. The maximum atomic E-state index is 6.08. The van der Waals surface area contributed by atoms with E-state index in [0.29, 0.717) is 17.5 Å². The van der Waals surface area contributed by atoms with Gasteiger partial charge in [-0.15, -0.1) is 0 Å². The van der Waals surface area contributed by atoms with Crippen molar-refractivity contribution in [2.24, 2.45) is 0 Å². The van der Waals surface area contributed by atoms with E-state index < -0.39 is 0 Å². The fraction of sp³-hybridized carbons (Fsp3) is 0.250. The van der Waals surface area contributed by atoms with Crippen LogP contribution >= 0.6 is 11.6 Å². The van der Waals surface area contributed by atoms with E-state index in [1.54, 1.807) is 0 Å². The number of oxazole rings is 1. The number of nitrogens with zero attached hydrogens (tertiary/aromatic N) is 1. The SMILES string of the molecule is CNCc1oc(-c2ccccc2Cl)nc1C. The molecule has 0 spiro atoms. The van der Waals surface area contributed by atoms with E-state index in [2.05, 4.69) is 10.3 Å². The summed E-state index contributed by atoms with van der Waals surface area (Å²) >= 11 is 6.08. The first-order chi connectivity index (χ1) is 7.72. The molecule has 1 aromatic carbocycles. The van der Waals surface area contributed by atoms with Crippen LogP contribution in [0.4, 0.5) is 0 Å². The van der Waals surface area contributed by atoms with E-state index in [-0.39, 0.29) is 0 Å². The minimum absolute atomic E-state index is 0.577. The second-order valence-electron chi connectivity index (χ2n) is 3.54. The molecular formula is C12H13ClN2O. The second-order valence-corrected chi connectivity index (χ2v) is 3.94. The van der Waals surface area contributed by atoms with Gasteiger partial charge in [-0.25, -0.2) is 4.98 Å². The Morgan fingerprint density at radius 3 is 2.81 bits per heavy atom. The number of aromatic nitrogens is 1. The highest BCUT2D eigenvalue weighted by molar-refractivity contribution is 6.33. The molecule has 0 bridgehead atoms. The maximum absolute atomic E-state index is 6.08. The summed E-state index contributed by atoms with van der Waals surface area (Å²) < 4.78 is 5.66. The van der Waals surface area contributed by atoms with Gasteiger partial charge in [0.2, 0.25) is 5.89 Å². The van der Waals surface area contributed by atoms with Crippen molar-refractivity contribution in [2.75, 3.05) is 7.05 Å². The standard InChI is InChI=1S/C12H13ClN2O/c1-8-11(7-14-2)16-12(15-8)9-5-3-4-6-10(9)13/h3-6,14H,7H2,1-2H3. The van der Waals surface area contributed by atoms with Crippen molar-refractivity contribution >= 4 is 11.6 Å². The summed E-state index contributed by atoms with van der Waals surface area (Å²) in [6.45, 7) is 2.60. The minimum atomic E-state index is 0.577. The lowest BCUT2D eigenvalue weighted by atomic mass is 10.2. The topological polar surface area (TPSA) is 38.1 Å². The summed E-state index contributed by atoms with van der Waals surface area (Å²) in [7, 11) is 1.87. The van der Waals surface area contributed by atoms with Crippen molar-refractivity contribution in [1.29, 1.82) is 0 Å². The molecule has 3 nitrogen and oxygen atoms in total. The van der Waals surface area contributed by atoms with Gasteiger partial charge in [-0.1, -0.05) is 23.7 Å². The quantitative estimate of drug-likeness (QED) is 0.890. The monoisotopic (exact) mass is 236 g/mol. The predicted molar refractivity (Wildman–Crippen MR) is 64.4 cm³/mol. The van der Waals surface area contributed by atoms with Gasteiger partial charge in [-0.05, 0) is 26.1 Å². The minimum Gasteiger partial charge on any atom is -0.439 e.